The maximum Gasteiger partial charge on any atom is 0.254 e. The van der Waals surface area contributed by atoms with E-state index in [1.165, 1.54) is 6.20 Å². The molecule has 2 atom stereocenters. The number of anilines is 2. The predicted molar refractivity (Wildman–Crippen MR) is 94.1 cm³/mol. The van der Waals surface area contributed by atoms with E-state index in [9.17, 15) is 10.1 Å². The second-order valence-electron chi connectivity index (χ2n) is 5.66. The van der Waals surface area contributed by atoms with Gasteiger partial charge in [-0.05, 0) is 24.6 Å². The van der Waals surface area contributed by atoms with Crippen molar-refractivity contribution < 1.29 is 9.53 Å². The van der Waals surface area contributed by atoms with Gasteiger partial charge < -0.3 is 15.8 Å². The van der Waals surface area contributed by atoms with E-state index in [0.29, 0.717) is 35.4 Å². The summed E-state index contributed by atoms with van der Waals surface area (Å²) < 4.78 is 7.01. The van der Waals surface area contributed by atoms with Crippen LogP contribution in [0.4, 0.5) is 11.5 Å². The molecule has 0 bridgehead atoms. The van der Waals surface area contributed by atoms with Crippen LogP contribution in [0.3, 0.4) is 0 Å². The quantitative estimate of drug-likeness (QED) is 0.848. The maximum atomic E-state index is 11.8. The molecule has 1 fully saturated rings. The third-order valence-corrected chi connectivity index (χ3v) is 4.75. The number of carbonyl (C=O) groups is 1. The van der Waals surface area contributed by atoms with Gasteiger partial charge in [-0.15, -0.1) is 0 Å². The highest BCUT2D eigenvalue weighted by molar-refractivity contribution is 6.42. The van der Waals surface area contributed by atoms with Gasteiger partial charge in [0, 0.05) is 18.5 Å². The summed E-state index contributed by atoms with van der Waals surface area (Å²) in [5.74, 6) is -0.584. The minimum absolute atomic E-state index is 0.216. The van der Waals surface area contributed by atoms with E-state index in [0.717, 1.165) is 0 Å². The minimum Gasteiger partial charge on any atom is -0.379 e. The van der Waals surface area contributed by atoms with Crippen LogP contribution in [0.15, 0.2) is 24.4 Å². The number of primary amides is 1. The van der Waals surface area contributed by atoms with Crippen molar-refractivity contribution in [2.24, 2.45) is 11.7 Å². The Balaban J connectivity index is 1.93. The summed E-state index contributed by atoms with van der Waals surface area (Å²) in [7, 11) is 0. The first kappa shape index (κ1) is 17.5. The Kier molecular flexibility index (Phi) is 5.13. The number of nitrogens with one attached hydrogen (secondary N) is 1. The number of aromatic nitrogens is 2. The summed E-state index contributed by atoms with van der Waals surface area (Å²) in [6.07, 6.45) is 2.15. The van der Waals surface area contributed by atoms with Gasteiger partial charge in [0.25, 0.3) is 5.91 Å². The summed E-state index contributed by atoms with van der Waals surface area (Å²) in [4.78, 5) is 11.8. The highest BCUT2D eigenvalue weighted by atomic mass is 35.5. The lowest BCUT2D eigenvalue weighted by molar-refractivity contribution is 0.0342. The first-order valence-electron chi connectivity index (χ1n) is 7.58. The lowest BCUT2D eigenvalue weighted by Gasteiger charge is -2.26. The molecule has 1 saturated heterocycles. The van der Waals surface area contributed by atoms with Gasteiger partial charge in [-0.1, -0.05) is 23.2 Å². The van der Waals surface area contributed by atoms with E-state index in [2.05, 4.69) is 16.5 Å². The van der Waals surface area contributed by atoms with Crippen LogP contribution in [-0.4, -0.2) is 28.9 Å². The zero-order valence-electron chi connectivity index (χ0n) is 13.1. The number of nitrogens with two attached hydrogens (primary N) is 1. The highest BCUT2D eigenvalue weighted by Gasteiger charge is 2.29. The minimum atomic E-state index is -0.626. The fourth-order valence-electron chi connectivity index (χ4n) is 2.68. The molecule has 1 aliphatic heterocycles. The third-order valence-electron chi connectivity index (χ3n) is 4.01. The van der Waals surface area contributed by atoms with Crippen LogP contribution >= 0.6 is 23.2 Å². The molecule has 1 amide bonds. The lowest BCUT2D eigenvalue weighted by Crippen LogP contribution is -2.29. The summed E-state index contributed by atoms with van der Waals surface area (Å²) in [5, 5.41) is 17.5. The fourth-order valence-corrected chi connectivity index (χ4v) is 2.98. The van der Waals surface area contributed by atoms with Crippen LogP contribution in [-0.2, 0) is 4.74 Å². The number of hydrogen-bond donors (Lipinski definition) is 2. The molecule has 1 aromatic carbocycles. The topological polar surface area (TPSA) is 106 Å². The molecule has 130 valence electrons. The Labute approximate surface area is 154 Å². The summed E-state index contributed by atoms with van der Waals surface area (Å²) in [6, 6.07) is 6.95. The van der Waals surface area contributed by atoms with Crippen molar-refractivity contribution in [3.63, 3.8) is 0 Å². The van der Waals surface area contributed by atoms with Gasteiger partial charge in [0.15, 0.2) is 5.82 Å². The van der Waals surface area contributed by atoms with Gasteiger partial charge in [0.2, 0.25) is 0 Å². The van der Waals surface area contributed by atoms with Gasteiger partial charge >= 0.3 is 0 Å². The largest absolute Gasteiger partial charge is 0.379 e. The first-order chi connectivity index (χ1) is 12.0. The van der Waals surface area contributed by atoms with Gasteiger partial charge in [-0.3, -0.25) is 9.48 Å². The van der Waals surface area contributed by atoms with E-state index in [4.69, 9.17) is 33.7 Å². The lowest BCUT2D eigenvalue weighted by atomic mass is 9.97. The highest BCUT2D eigenvalue weighted by Crippen LogP contribution is 2.30. The van der Waals surface area contributed by atoms with Crippen LogP contribution in [0.25, 0.3) is 0 Å². The number of rotatable bonds is 4. The molecule has 0 saturated carbocycles. The Hall–Kier alpha value is -2.27. The summed E-state index contributed by atoms with van der Waals surface area (Å²) in [6.45, 7) is 0.886. The standard InChI is InChI=1S/C16H15Cl2N5O2/c17-12-2-1-10(5-13(12)18)21-16-11(15(20)24)7-23(22-16)14-8-25-4-3-9(14)6-19/h1-2,5,7,9,14H,3-4,8H2,(H2,20,24)(H,21,22)/t9-,14+/m1/s1. The molecule has 2 heterocycles. The second kappa shape index (κ2) is 7.31. The third kappa shape index (κ3) is 3.71. The normalized spacial score (nSPS) is 20.0. The van der Waals surface area contributed by atoms with Crippen molar-refractivity contribution in [2.75, 3.05) is 18.5 Å². The van der Waals surface area contributed by atoms with E-state index >= 15 is 0 Å². The SMILES string of the molecule is N#C[C@H]1CCOC[C@@H]1n1cc(C(N)=O)c(Nc2ccc(Cl)c(Cl)c2)n1. The smallest absolute Gasteiger partial charge is 0.254 e. The predicted octanol–water partition coefficient (Wildman–Crippen LogP) is 3.13. The van der Waals surface area contributed by atoms with Crippen LogP contribution in [0.1, 0.15) is 22.8 Å². The number of nitriles is 1. The molecule has 0 aliphatic carbocycles. The maximum absolute atomic E-state index is 11.8. The van der Waals surface area contributed by atoms with Crippen molar-refractivity contribution in [1.29, 1.82) is 5.26 Å². The molecule has 0 unspecified atom stereocenters. The molecule has 1 aromatic heterocycles. The van der Waals surface area contributed by atoms with Crippen LogP contribution in [0, 0.1) is 17.2 Å². The van der Waals surface area contributed by atoms with Gasteiger partial charge in [-0.2, -0.15) is 10.4 Å². The zero-order chi connectivity index (χ0) is 18.0. The van der Waals surface area contributed by atoms with Crippen LogP contribution in [0.2, 0.25) is 10.0 Å². The number of ether oxygens (including phenoxy) is 1. The molecule has 3 N–H and O–H groups in total. The van der Waals surface area contributed by atoms with E-state index in [-0.39, 0.29) is 23.3 Å². The molecule has 0 spiro atoms. The number of nitrogens with zero attached hydrogens (tertiary/aromatic N) is 3. The monoisotopic (exact) mass is 379 g/mol. The molecule has 1 aliphatic rings. The molecule has 7 nitrogen and oxygen atoms in total. The van der Waals surface area contributed by atoms with E-state index < -0.39 is 5.91 Å². The number of amides is 1. The van der Waals surface area contributed by atoms with Crippen molar-refractivity contribution in [2.45, 2.75) is 12.5 Å². The number of carbonyl (C=O) groups excluding carboxylic acids is 1. The fraction of sp³-hybridized carbons (Fsp3) is 0.312. The van der Waals surface area contributed by atoms with Crippen LogP contribution in [0.5, 0.6) is 0 Å². The Morgan fingerprint density at radius 1 is 1.44 bits per heavy atom. The molecule has 0 radical (unpaired) electrons. The summed E-state index contributed by atoms with van der Waals surface area (Å²) >= 11 is 11.9. The molecule has 2 aromatic rings. The van der Waals surface area contributed by atoms with Gasteiger partial charge in [-0.25, -0.2) is 0 Å². The molecule has 9 heteroatoms. The Bertz CT molecular complexity index is 846. The number of halogens is 2. The van der Waals surface area contributed by atoms with Crippen molar-refractivity contribution in [3.8, 4) is 6.07 Å². The molecule has 25 heavy (non-hydrogen) atoms. The molecular formula is C16H15Cl2N5O2. The molecule has 3 rings (SSSR count). The van der Waals surface area contributed by atoms with E-state index in [1.54, 1.807) is 22.9 Å². The van der Waals surface area contributed by atoms with Gasteiger partial charge in [0.05, 0.1) is 34.7 Å². The summed E-state index contributed by atoms with van der Waals surface area (Å²) in [5.41, 5.74) is 6.28. The van der Waals surface area contributed by atoms with E-state index in [1.807, 2.05) is 0 Å². The molecular weight excluding hydrogens is 365 g/mol. The Morgan fingerprint density at radius 3 is 2.92 bits per heavy atom. The first-order valence-corrected chi connectivity index (χ1v) is 8.33. The number of benzene rings is 1. The van der Waals surface area contributed by atoms with Crippen molar-refractivity contribution in [3.05, 3.63) is 40.0 Å². The Morgan fingerprint density at radius 2 is 2.24 bits per heavy atom. The van der Waals surface area contributed by atoms with Crippen LogP contribution < -0.4 is 11.1 Å². The van der Waals surface area contributed by atoms with Crippen molar-refractivity contribution >= 4 is 40.6 Å². The average molecular weight is 380 g/mol. The zero-order valence-corrected chi connectivity index (χ0v) is 14.6. The number of hydrogen-bond acceptors (Lipinski definition) is 5. The second-order valence-corrected chi connectivity index (χ2v) is 6.47. The average Bonchev–Trinajstić information content (AvgIpc) is 3.02. The van der Waals surface area contributed by atoms with Gasteiger partial charge in [0.1, 0.15) is 5.56 Å². The van der Waals surface area contributed by atoms with Crippen molar-refractivity contribution in [1.82, 2.24) is 9.78 Å².